The predicted octanol–water partition coefficient (Wildman–Crippen LogP) is 10.2. The summed E-state index contributed by atoms with van der Waals surface area (Å²) in [5, 5.41) is 0. The Hall–Kier alpha value is -0.0100. The minimum absolute atomic E-state index is 0.0472. The van der Waals surface area contributed by atoms with Crippen molar-refractivity contribution < 1.29 is 18.1 Å². The molecule has 7 nitrogen and oxygen atoms in total. The summed E-state index contributed by atoms with van der Waals surface area (Å²) >= 11 is 0. The first-order chi connectivity index (χ1) is 20.9. The third kappa shape index (κ3) is 11.0. The molecule has 0 aromatic heterocycles. The normalized spacial score (nSPS) is 32.0. The Labute approximate surface area is 292 Å². The van der Waals surface area contributed by atoms with Gasteiger partial charge in [0.25, 0.3) is 0 Å². The minimum Gasteiger partial charge on any atom is -0.295 e. The van der Waals surface area contributed by atoms with E-state index < -0.39 is 7.82 Å². The zero-order chi connectivity index (χ0) is 36.2. The molecule has 3 heterocycles. The molecule has 0 spiro atoms. The fourth-order valence-electron chi connectivity index (χ4n) is 8.58. The van der Waals surface area contributed by atoms with Gasteiger partial charge in [0.05, 0.1) is 18.3 Å². The Morgan fingerprint density at radius 2 is 0.638 bits per heavy atom. The molecule has 278 valence electrons. The number of hydrogen-bond acceptors (Lipinski definition) is 7. The molecule has 3 aliphatic rings. The van der Waals surface area contributed by atoms with Crippen molar-refractivity contribution in [2.75, 3.05) is 19.6 Å². The van der Waals surface area contributed by atoms with Crippen molar-refractivity contribution >= 4 is 7.82 Å². The lowest BCUT2D eigenvalue weighted by atomic mass is 9.78. The third-order valence-corrected chi connectivity index (χ3v) is 12.8. The summed E-state index contributed by atoms with van der Waals surface area (Å²) in [6.45, 7) is 44.3. The fourth-order valence-corrected chi connectivity index (χ4v) is 10.4. The smallest absolute Gasteiger partial charge is 0.295 e. The Morgan fingerprint density at radius 1 is 0.426 bits per heavy atom. The van der Waals surface area contributed by atoms with Crippen LogP contribution in [0.15, 0.2) is 0 Å². The monoisotopic (exact) mass is 684 g/mol. The number of likely N-dealkylation sites (tertiary alicyclic amines) is 3. The summed E-state index contributed by atoms with van der Waals surface area (Å²) in [5.74, 6) is 0. The first kappa shape index (κ1) is 41.4. The Bertz CT molecular complexity index is 936. The SMILES string of the molecule is CC(C)(C)C1CC(OP(=O)(OC2CCN(C(C)(C)C)C(C(C)(C)C)C2)OC2CCN(C(C)(C)C)C(C(C)(C)C)C2)CCN1C(C)(C)C. The molecular formula is C39H78N3O4P. The summed E-state index contributed by atoms with van der Waals surface area (Å²) in [6.07, 6.45) is 4.38. The zero-order valence-electron chi connectivity index (χ0n) is 34.2. The van der Waals surface area contributed by atoms with E-state index in [1.807, 2.05) is 0 Å². The number of phosphoric acid groups is 1. The zero-order valence-corrected chi connectivity index (χ0v) is 35.1. The lowest BCUT2D eigenvalue weighted by molar-refractivity contribution is -0.0831. The third-order valence-electron chi connectivity index (χ3n) is 11.1. The van der Waals surface area contributed by atoms with E-state index in [2.05, 4.69) is 139 Å². The molecule has 0 saturated carbocycles. The van der Waals surface area contributed by atoms with Crippen molar-refractivity contribution in [3.8, 4) is 0 Å². The van der Waals surface area contributed by atoms with Crippen LogP contribution in [-0.2, 0) is 18.1 Å². The first-order valence-corrected chi connectivity index (χ1v) is 20.3. The Morgan fingerprint density at radius 3 is 0.809 bits per heavy atom. The van der Waals surface area contributed by atoms with Gasteiger partial charge < -0.3 is 0 Å². The van der Waals surface area contributed by atoms with Crippen LogP contribution < -0.4 is 0 Å². The van der Waals surface area contributed by atoms with Crippen molar-refractivity contribution in [3.63, 3.8) is 0 Å². The number of nitrogens with zero attached hydrogens (tertiary/aromatic N) is 3. The van der Waals surface area contributed by atoms with E-state index in [1.165, 1.54) is 0 Å². The number of piperidine rings is 3. The topological polar surface area (TPSA) is 54.5 Å². The average molecular weight is 684 g/mol. The summed E-state index contributed by atoms with van der Waals surface area (Å²) in [5.41, 5.74) is 0.310. The van der Waals surface area contributed by atoms with Gasteiger partial charge in [-0.3, -0.25) is 28.3 Å². The fraction of sp³-hybridized carbons (Fsp3) is 1.00. The Balaban J connectivity index is 1.92. The van der Waals surface area contributed by atoms with Gasteiger partial charge in [0.2, 0.25) is 0 Å². The van der Waals surface area contributed by atoms with E-state index in [-0.39, 0.29) is 51.2 Å². The maximum Gasteiger partial charge on any atom is 0.475 e. The molecule has 0 amide bonds. The quantitative estimate of drug-likeness (QED) is 0.258. The van der Waals surface area contributed by atoms with Crippen molar-refractivity contribution in [2.45, 2.75) is 216 Å². The van der Waals surface area contributed by atoms with Crippen molar-refractivity contribution in [1.29, 1.82) is 0 Å². The van der Waals surface area contributed by atoms with E-state index in [4.69, 9.17) is 13.6 Å². The highest BCUT2D eigenvalue weighted by Crippen LogP contribution is 2.57. The number of rotatable bonds is 6. The second-order valence-corrected chi connectivity index (χ2v) is 23.0. The first-order valence-electron chi connectivity index (χ1n) is 18.9. The van der Waals surface area contributed by atoms with Crippen LogP contribution in [0.5, 0.6) is 0 Å². The van der Waals surface area contributed by atoms with Gasteiger partial charge >= 0.3 is 7.82 Å². The van der Waals surface area contributed by atoms with E-state index in [1.54, 1.807) is 0 Å². The Kier molecular flexibility index (Phi) is 12.5. The number of hydrogen-bond donors (Lipinski definition) is 0. The van der Waals surface area contributed by atoms with Gasteiger partial charge in [-0.2, -0.15) is 0 Å². The van der Waals surface area contributed by atoms with E-state index in [0.717, 1.165) is 58.2 Å². The van der Waals surface area contributed by atoms with Gasteiger partial charge in [-0.1, -0.05) is 62.3 Å². The molecule has 47 heavy (non-hydrogen) atoms. The molecule has 0 aliphatic carbocycles. The summed E-state index contributed by atoms with van der Waals surface area (Å²) in [7, 11) is -3.90. The average Bonchev–Trinajstić information content (AvgIpc) is 2.85. The molecule has 6 atom stereocenters. The van der Waals surface area contributed by atoms with Crippen LogP contribution in [0.25, 0.3) is 0 Å². The predicted molar refractivity (Wildman–Crippen MR) is 199 cm³/mol. The van der Waals surface area contributed by atoms with Crippen molar-refractivity contribution in [1.82, 2.24) is 14.7 Å². The molecule has 8 heteroatoms. The highest BCUT2D eigenvalue weighted by atomic mass is 31.2. The van der Waals surface area contributed by atoms with Crippen LogP contribution in [0.2, 0.25) is 0 Å². The highest BCUT2D eigenvalue weighted by Gasteiger charge is 2.49. The lowest BCUT2D eigenvalue weighted by Crippen LogP contribution is -2.58. The molecule has 3 rings (SSSR count). The van der Waals surface area contributed by atoms with Gasteiger partial charge in [0.1, 0.15) is 0 Å². The van der Waals surface area contributed by atoms with E-state index in [0.29, 0.717) is 18.1 Å². The highest BCUT2D eigenvalue weighted by molar-refractivity contribution is 7.48. The molecule has 3 fully saturated rings. The minimum atomic E-state index is -3.90. The second-order valence-electron chi connectivity index (χ2n) is 21.4. The molecular weight excluding hydrogens is 605 g/mol. The van der Waals surface area contributed by atoms with E-state index >= 15 is 4.57 Å². The molecule has 0 radical (unpaired) electrons. The van der Waals surface area contributed by atoms with Gasteiger partial charge in [-0.15, -0.1) is 0 Å². The number of phosphoric ester groups is 1. The van der Waals surface area contributed by atoms with Crippen LogP contribution in [0.3, 0.4) is 0 Å². The maximum absolute atomic E-state index is 15.2. The van der Waals surface area contributed by atoms with Gasteiger partial charge in [0.15, 0.2) is 0 Å². The summed E-state index contributed by atoms with van der Waals surface area (Å²) < 4.78 is 35.5. The molecule has 0 aromatic rings. The largest absolute Gasteiger partial charge is 0.475 e. The molecule has 6 unspecified atom stereocenters. The van der Waals surface area contributed by atoms with E-state index in [9.17, 15) is 0 Å². The maximum atomic E-state index is 15.2. The van der Waals surface area contributed by atoms with Gasteiger partial charge in [0, 0.05) is 54.4 Å². The van der Waals surface area contributed by atoms with Crippen LogP contribution in [0.4, 0.5) is 0 Å². The molecule has 0 N–H and O–H groups in total. The lowest BCUT2D eigenvalue weighted by Gasteiger charge is -2.53. The van der Waals surface area contributed by atoms with Crippen LogP contribution >= 0.6 is 7.82 Å². The summed E-state index contributed by atoms with van der Waals surface area (Å²) in [4.78, 5) is 7.85. The molecule has 0 bridgehead atoms. The van der Waals surface area contributed by atoms with Crippen molar-refractivity contribution in [3.05, 3.63) is 0 Å². The van der Waals surface area contributed by atoms with Crippen LogP contribution in [0.1, 0.15) is 163 Å². The van der Waals surface area contributed by atoms with Gasteiger partial charge in [-0.05, 0) is 117 Å². The van der Waals surface area contributed by atoms with Gasteiger partial charge in [-0.25, -0.2) is 4.57 Å². The summed E-state index contributed by atoms with van der Waals surface area (Å²) in [6, 6.07) is 0.904. The molecule has 3 saturated heterocycles. The molecule has 0 aromatic carbocycles. The van der Waals surface area contributed by atoms with Crippen molar-refractivity contribution in [2.24, 2.45) is 16.2 Å². The second kappa shape index (κ2) is 14.2. The molecule has 3 aliphatic heterocycles. The van der Waals surface area contributed by atoms with Crippen LogP contribution in [-0.4, -0.2) is 87.4 Å². The standard InChI is InChI=1S/C39H78N3O4P/c1-34(2,3)31-25-28(19-22-40(31)37(10,11)12)44-47(43,45-29-20-23-41(38(13,14)15)32(26-29)35(4,5)6)46-30-21-24-42(39(16,17)18)33(27-30)36(7,8)9/h28-33H,19-27H2,1-18H3. The van der Waals surface area contributed by atoms with Crippen LogP contribution in [0, 0.1) is 16.2 Å².